The van der Waals surface area contributed by atoms with Crippen LogP contribution in [-0.2, 0) is 0 Å². The number of benzene rings is 3. The van der Waals surface area contributed by atoms with E-state index in [2.05, 4.69) is 11.1 Å². The van der Waals surface area contributed by atoms with Gasteiger partial charge in [-0.05, 0) is 5.56 Å². The van der Waals surface area contributed by atoms with E-state index in [1.54, 1.807) is 0 Å². The fourth-order valence-corrected chi connectivity index (χ4v) is 3.25. The summed E-state index contributed by atoms with van der Waals surface area (Å²) in [6, 6.07) is 22.4. The monoisotopic (exact) mass is 425 g/mol. The number of furan rings is 1. The molecule has 0 bridgehead atoms. The molecule has 156 valence electrons. The predicted octanol–water partition coefficient (Wildman–Crippen LogP) is 5.56. The van der Waals surface area contributed by atoms with Crippen molar-refractivity contribution in [2.24, 2.45) is 4.99 Å². The van der Waals surface area contributed by atoms with Gasteiger partial charge in [-0.2, -0.15) is 5.26 Å². The summed E-state index contributed by atoms with van der Waals surface area (Å²) in [6.45, 7) is 0. The van der Waals surface area contributed by atoms with Crippen molar-refractivity contribution in [2.75, 3.05) is 0 Å². The van der Waals surface area contributed by atoms with Gasteiger partial charge in [0.15, 0.2) is 5.75 Å². The fourth-order valence-electron chi connectivity index (χ4n) is 3.25. The molecule has 8 nitrogen and oxygen atoms in total. The molecule has 0 saturated heterocycles. The van der Waals surface area contributed by atoms with E-state index in [1.807, 2.05) is 60.7 Å². The Morgan fingerprint density at radius 2 is 1.59 bits per heavy atom. The summed E-state index contributed by atoms with van der Waals surface area (Å²) in [5.74, 6) is -0.645. The second-order valence-corrected chi connectivity index (χ2v) is 6.75. The quantitative estimate of drug-likeness (QED) is 0.244. The first-order chi connectivity index (χ1) is 15.5. The minimum atomic E-state index is -0.777. The number of hydrogen-bond donors (Lipinski definition) is 2. The van der Waals surface area contributed by atoms with Crippen LogP contribution in [0, 0.1) is 21.4 Å². The van der Waals surface area contributed by atoms with Crippen molar-refractivity contribution in [3.63, 3.8) is 0 Å². The van der Waals surface area contributed by atoms with Gasteiger partial charge in [-0.3, -0.25) is 10.1 Å². The molecule has 1 aromatic heterocycles. The molecule has 8 heteroatoms. The zero-order valence-corrected chi connectivity index (χ0v) is 16.5. The number of phenolic OH excluding ortho intramolecular Hbond substituents is 2. The molecule has 0 fully saturated rings. The van der Waals surface area contributed by atoms with Gasteiger partial charge < -0.3 is 14.6 Å². The Kier molecular flexibility index (Phi) is 5.38. The fraction of sp³-hybridized carbons (Fsp3) is 0. The first kappa shape index (κ1) is 20.4. The molecule has 0 aliphatic carbocycles. The van der Waals surface area contributed by atoms with Gasteiger partial charge in [0.25, 0.3) is 0 Å². The minimum Gasteiger partial charge on any atom is -0.507 e. The van der Waals surface area contributed by atoms with Crippen molar-refractivity contribution in [3.8, 4) is 40.0 Å². The maximum absolute atomic E-state index is 11.1. The van der Waals surface area contributed by atoms with E-state index in [4.69, 9.17) is 4.42 Å². The topological polar surface area (TPSA) is 133 Å². The first-order valence-electron chi connectivity index (χ1n) is 9.41. The van der Waals surface area contributed by atoms with Crippen LogP contribution in [0.15, 0.2) is 82.2 Å². The van der Waals surface area contributed by atoms with Crippen molar-refractivity contribution in [1.29, 1.82) is 5.26 Å². The van der Waals surface area contributed by atoms with Crippen molar-refractivity contribution < 1.29 is 19.6 Å². The van der Waals surface area contributed by atoms with Crippen LogP contribution in [0.3, 0.4) is 0 Å². The molecule has 0 amide bonds. The average molecular weight is 425 g/mol. The van der Waals surface area contributed by atoms with E-state index in [9.17, 15) is 25.6 Å². The number of rotatable bonds is 5. The maximum Gasteiger partial charge on any atom is 0.311 e. The smallest absolute Gasteiger partial charge is 0.311 e. The Morgan fingerprint density at radius 1 is 0.969 bits per heavy atom. The highest BCUT2D eigenvalue weighted by molar-refractivity contribution is 5.91. The van der Waals surface area contributed by atoms with Crippen LogP contribution in [0.25, 0.3) is 22.5 Å². The van der Waals surface area contributed by atoms with Gasteiger partial charge >= 0.3 is 5.69 Å². The van der Waals surface area contributed by atoms with Crippen LogP contribution in [-0.4, -0.2) is 21.4 Å². The molecule has 0 spiro atoms. The van der Waals surface area contributed by atoms with E-state index in [-0.39, 0.29) is 17.0 Å². The number of nitrogens with zero attached hydrogens (tertiary/aromatic N) is 3. The molecular weight excluding hydrogens is 410 g/mol. The van der Waals surface area contributed by atoms with Crippen LogP contribution in [0.2, 0.25) is 0 Å². The number of nitro groups is 1. The maximum atomic E-state index is 11.1. The Hall–Kier alpha value is -4.90. The van der Waals surface area contributed by atoms with E-state index in [1.165, 1.54) is 0 Å². The molecule has 0 aliphatic heterocycles. The number of nitriles is 1. The third-order valence-electron chi connectivity index (χ3n) is 4.74. The summed E-state index contributed by atoms with van der Waals surface area (Å²) in [5.41, 5.74) is 1.64. The predicted molar refractivity (Wildman–Crippen MR) is 118 cm³/mol. The Morgan fingerprint density at radius 3 is 2.19 bits per heavy atom. The van der Waals surface area contributed by atoms with Crippen molar-refractivity contribution in [3.05, 3.63) is 94.0 Å². The number of hydrogen-bond acceptors (Lipinski definition) is 7. The van der Waals surface area contributed by atoms with Gasteiger partial charge in [0.2, 0.25) is 5.88 Å². The number of nitro benzene ring substituents is 1. The minimum absolute atomic E-state index is 0.0136. The number of aliphatic imine (C=N–C) groups is 1. The highest BCUT2D eigenvalue weighted by atomic mass is 16.6. The van der Waals surface area contributed by atoms with Crippen LogP contribution in [0.1, 0.15) is 11.1 Å². The molecule has 3 aromatic carbocycles. The van der Waals surface area contributed by atoms with Gasteiger partial charge in [-0.15, -0.1) is 0 Å². The molecular formula is C24H15N3O5. The van der Waals surface area contributed by atoms with Crippen LogP contribution in [0.4, 0.5) is 11.6 Å². The van der Waals surface area contributed by atoms with Gasteiger partial charge in [-0.1, -0.05) is 60.7 Å². The van der Waals surface area contributed by atoms with Crippen molar-refractivity contribution in [1.82, 2.24) is 0 Å². The summed E-state index contributed by atoms with van der Waals surface area (Å²) >= 11 is 0. The molecule has 32 heavy (non-hydrogen) atoms. The second kappa shape index (κ2) is 8.45. The lowest BCUT2D eigenvalue weighted by molar-refractivity contribution is -0.385. The van der Waals surface area contributed by atoms with Gasteiger partial charge in [-0.25, -0.2) is 4.99 Å². The lowest BCUT2D eigenvalue weighted by Gasteiger charge is -2.03. The summed E-state index contributed by atoms with van der Waals surface area (Å²) in [7, 11) is 0. The Bertz CT molecular complexity index is 1370. The highest BCUT2D eigenvalue weighted by Gasteiger charge is 2.23. The molecule has 1 heterocycles. The summed E-state index contributed by atoms with van der Waals surface area (Å²) < 4.78 is 5.96. The summed E-state index contributed by atoms with van der Waals surface area (Å²) in [6.07, 6.45) is 1.14. The summed E-state index contributed by atoms with van der Waals surface area (Å²) in [5, 5.41) is 40.6. The Labute approximate surface area is 182 Å². The third-order valence-corrected chi connectivity index (χ3v) is 4.74. The van der Waals surface area contributed by atoms with Gasteiger partial charge in [0.05, 0.1) is 4.92 Å². The normalized spacial score (nSPS) is 10.8. The van der Waals surface area contributed by atoms with E-state index in [0.717, 1.165) is 29.5 Å². The molecule has 4 rings (SSSR count). The lowest BCUT2D eigenvalue weighted by atomic mass is 9.98. The molecule has 0 atom stereocenters. The SMILES string of the molecule is N#Cc1c(N=Cc2cc([N+](=O)[O-])c(O)cc2O)oc(-c2ccccc2)c1-c1ccccc1. The Balaban J connectivity index is 1.88. The number of phenols is 2. The molecule has 0 saturated carbocycles. The first-order valence-corrected chi connectivity index (χ1v) is 9.41. The van der Waals surface area contributed by atoms with Gasteiger partial charge in [0, 0.05) is 35.0 Å². The van der Waals surface area contributed by atoms with E-state index >= 15 is 0 Å². The van der Waals surface area contributed by atoms with Gasteiger partial charge in [0.1, 0.15) is 23.1 Å². The van der Waals surface area contributed by atoms with Crippen molar-refractivity contribution in [2.45, 2.75) is 0 Å². The molecule has 2 N–H and O–H groups in total. The lowest BCUT2D eigenvalue weighted by Crippen LogP contribution is -1.91. The summed E-state index contributed by atoms with van der Waals surface area (Å²) in [4.78, 5) is 14.5. The van der Waals surface area contributed by atoms with Crippen LogP contribution < -0.4 is 0 Å². The van der Waals surface area contributed by atoms with Crippen LogP contribution in [0.5, 0.6) is 11.5 Å². The standard InChI is InChI=1S/C24H15N3O5/c25-13-18-22(15-7-3-1-4-8-15)23(16-9-5-2-6-10-16)32-24(18)26-14-17-11-19(27(30)31)21(29)12-20(17)28/h1-12,14,28-29H. The van der Waals surface area contributed by atoms with E-state index in [0.29, 0.717) is 11.3 Å². The second-order valence-electron chi connectivity index (χ2n) is 6.75. The van der Waals surface area contributed by atoms with E-state index < -0.39 is 22.1 Å². The largest absolute Gasteiger partial charge is 0.507 e. The van der Waals surface area contributed by atoms with Crippen LogP contribution >= 0.6 is 0 Å². The van der Waals surface area contributed by atoms with Crippen molar-refractivity contribution >= 4 is 17.8 Å². The third kappa shape index (κ3) is 3.78. The zero-order chi connectivity index (χ0) is 22.7. The molecule has 4 aromatic rings. The molecule has 0 aliphatic rings. The molecule has 0 radical (unpaired) electrons. The zero-order valence-electron chi connectivity index (χ0n) is 16.5. The molecule has 0 unspecified atom stereocenters. The highest BCUT2D eigenvalue weighted by Crippen LogP contribution is 2.42. The number of aromatic hydroxyl groups is 2. The average Bonchev–Trinajstić information content (AvgIpc) is 3.18.